The molecule has 3 N–H and O–H groups in total. The summed E-state index contributed by atoms with van der Waals surface area (Å²) in [6.45, 7) is 4.45. The zero-order chi connectivity index (χ0) is 28.2. The molecule has 0 bridgehead atoms. The quantitative estimate of drug-likeness (QED) is 0.200. The minimum absolute atomic E-state index is 0.0406. The Morgan fingerprint density at radius 2 is 1.79 bits per heavy atom. The third-order valence-corrected chi connectivity index (χ3v) is 7.89. The number of aryl methyl sites for hydroxylation is 1. The van der Waals surface area contributed by atoms with Crippen LogP contribution in [-0.4, -0.2) is 58.3 Å². The molecule has 2 amide bonds. The first-order valence-electron chi connectivity index (χ1n) is 13.9. The normalized spacial score (nSPS) is 18.8. The summed E-state index contributed by atoms with van der Waals surface area (Å²) in [6.07, 6.45) is 5.51. The van der Waals surface area contributed by atoms with E-state index in [1.807, 2.05) is 55.5 Å². The van der Waals surface area contributed by atoms with Gasteiger partial charge in [0.2, 0.25) is 11.8 Å². The van der Waals surface area contributed by atoms with Gasteiger partial charge in [0.25, 0.3) is 0 Å². The van der Waals surface area contributed by atoms with Crippen molar-refractivity contribution in [3.63, 3.8) is 0 Å². The van der Waals surface area contributed by atoms with Crippen molar-refractivity contribution in [1.29, 1.82) is 0 Å². The molecule has 0 saturated heterocycles. The van der Waals surface area contributed by atoms with Gasteiger partial charge >= 0.3 is 0 Å². The molecule has 0 saturated carbocycles. The number of aliphatic hydroxyl groups excluding tert-OH is 2. The van der Waals surface area contributed by atoms with Gasteiger partial charge in [0, 0.05) is 31.5 Å². The lowest BCUT2D eigenvalue weighted by atomic mass is 9.87. The predicted molar refractivity (Wildman–Crippen MR) is 161 cm³/mol. The van der Waals surface area contributed by atoms with Crippen LogP contribution in [0.2, 0.25) is 0 Å². The fourth-order valence-corrected chi connectivity index (χ4v) is 5.28. The van der Waals surface area contributed by atoms with E-state index >= 15 is 0 Å². The van der Waals surface area contributed by atoms with Crippen molar-refractivity contribution in [2.75, 3.05) is 13.2 Å². The monoisotopic (exact) mass is 648 g/mol. The molecule has 3 atom stereocenters. The van der Waals surface area contributed by atoms with E-state index in [-0.39, 0.29) is 31.4 Å². The van der Waals surface area contributed by atoms with E-state index < -0.39 is 18.2 Å². The van der Waals surface area contributed by atoms with Crippen molar-refractivity contribution >= 4 is 34.4 Å². The van der Waals surface area contributed by atoms with Crippen LogP contribution in [0.25, 0.3) is 0 Å². The molecular formula is C31H41IN2O5. The average molecular weight is 649 g/mol. The number of halogens is 1. The van der Waals surface area contributed by atoms with Crippen LogP contribution >= 0.6 is 22.6 Å². The molecule has 0 aliphatic heterocycles. The van der Waals surface area contributed by atoms with Crippen LogP contribution in [0.3, 0.4) is 0 Å². The van der Waals surface area contributed by atoms with Gasteiger partial charge in [0.1, 0.15) is 18.0 Å². The van der Waals surface area contributed by atoms with E-state index in [0.717, 1.165) is 46.8 Å². The smallest absolute Gasteiger partial charge is 0.247 e. The number of para-hydroxylation sites is 1. The highest BCUT2D eigenvalue weighted by Crippen LogP contribution is 2.31. The number of nitrogens with zero attached hydrogens (tertiary/aromatic N) is 1. The van der Waals surface area contributed by atoms with Crippen molar-refractivity contribution in [2.45, 2.75) is 83.6 Å². The first-order chi connectivity index (χ1) is 18.8. The molecule has 2 aromatic rings. The van der Waals surface area contributed by atoms with Gasteiger partial charge in [-0.1, -0.05) is 74.6 Å². The lowest BCUT2D eigenvalue weighted by Crippen LogP contribution is -2.54. The number of nitrogens with one attached hydrogen (secondary N) is 1. The molecule has 0 fully saturated rings. The van der Waals surface area contributed by atoms with Crippen LogP contribution in [0.15, 0.2) is 60.2 Å². The molecule has 0 aromatic heterocycles. The fourth-order valence-electron chi connectivity index (χ4n) is 4.77. The third-order valence-electron chi connectivity index (χ3n) is 7.00. The summed E-state index contributed by atoms with van der Waals surface area (Å²) < 4.78 is 7.11. The first-order valence-corrected chi connectivity index (χ1v) is 15.0. The average Bonchev–Trinajstić information content (AvgIpc) is 2.93. The van der Waals surface area contributed by atoms with Crippen molar-refractivity contribution in [3.05, 3.63) is 74.9 Å². The molecule has 0 radical (unpaired) electrons. The minimum Gasteiger partial charge on any atom is -0.482 e. The van der Waals surface area contributed by atoms with Crippen LogP contribution in [0.4, 0.5) is 0 Å². The highest BCUT2D eigenvalue weighted by Gasteiger charge is 2.40. The second-order valence-corrected chi connectivity index (χ2v) is 11.3. The Hall–Kier alpha value is -2.43. The summed E-state index contributed by atoms with van der Waals surface area (Å²) in [7, 11) is 0. The first kappa shape index (κ1) is 31.1. The lowest BCUT2D eigenvalue weighted by molar-refractivity contribution is -0.139. The summed E-state index contributed by atoms with van der Waals surface area (Å²) in [5.74, 6) is 0.224. The Kier molecular flexibility index (Phi) is 12.7. The summed E-state index contributed by atoms with van der Waals surface area (Å²) in [6, 6.07) is 14.9. The maximum Gasteiger partial charge on any atom is 0.247 e. The number of ether oxygens (including phenoxy) is 1. The Bertz CT molecular complexity index is 1100. The Morgan fingerprint density at radius 1 is 1.08 bits per heavy atom. The highest BCUT2D eigenvalue weighted by molar-refractivity contribution is 14.1. The van der Waals surface area contributed by atoms with E-state index in [9.17, 15) is 19.8 Å². The van der Waals surface area contributed by atoms with Crippen molar-refractivity contribution < 1.29 is 24.5 Å². The van der Waals surface area contributed by atoms with E-state index in [2.05, 4.69) is 34.8 Å². The maximum atomic E-state index is 13.7. The minimum atomic E-state index is -1.04. The van der Waals surface area contributed by atoms with Crippen LogP contribution in [0.1, 0.15) is 63.0 Å². The van der Waals surface area contributed by atoms with E-state index in [1.165, 1.54) is 0 Å². The van der Waals surface area contributed by atoms with Crippen LogP contribution in [-0.2, 0) is 16.1 Å². The number of rotatable bonds is 14. The second-order valence-electron chi connectivity index (χ2n) is 10.1. The largest absolute Gasteiger partial charge is 0.482 e. The second kappa shape index (κ2) is 16.0. The van der Waals surface area contributed by atoms with Crippen molar-refractivity contribution in [3.8, 4) is 5.75 Å². The van der Waals surface area contributed by atoms with Gasteiger partial charge in [-0.3, -0.25) is 9.59 Å². The zero-order valence-electron chi connectivity index (χ0n) is 22.9. The van der Waals surface area contributed by atoms with E-state index in [1.54, 1.807) is 11.0 Å². The van der Waals surface area contributed by atoms with Crippen LogP contribution in [0, 0.1) is 10.5 Å². The predicted octanol–water partition coefficient (Wildman–Crippen LogP) is 4.90. The summed E-state index contributed by atoms with van der Waals surface area (Å²) >= 11 is 2.17. The molecule has 1 aliphatic rings. The number of hydrogen-bond acceptors (Lipinski definition) is 5. The number of hydrogen-bond donors (Lipinski definition) is 3. The number of unbranched alkanes of at least 4 members (excludes halogenated alkanes) is 4. The van der Waals surface area contributed by atoms with Crippen molar-refractivity contribution in [1.82, 2.24) is 10.2 Å². The van der Waals surface area contributed by atoms with Crippen LogP contribution in [0.5, 0.6) is 5.75 Å². The summed E-state index contributed by atoms with van der Waals surface area (Å²) in [5, 5.41) is 23.5. The SMILES string of the molecule is CCCCCCCC(=O)N(Cc1ccc(C)cc1)C1CC(C(=O)NCCO)=CC(Oc2ccccc2I)C1O. The zero-order valence-corrected chi connectivity index (χ0v) is 25.1. The molecule has 1 aliphatic carbocycles. The molecule has 2 aromatic carbocycles. The number of benzene rings is 2. The molecule has 0 spiro atoms. The number of carbonyl (C=O) groups is 2. The molecule has 8 heteroatoms. The standard InChI is InChI=1S/C31H41IN2O5/c1-3-4-5-6-7-12-29(36)34(21-23-15-13-22(2)14-16-23)26-19-24(31(38)33-17-18-35)20-28(30(26)37)39-27-11-9-8-10-25(27)32/h8-11,13-16,20,26,28,30,35,37H,3-7,12,17-19,21H2,1-2H3,(H,33,38). The topological polar surface area (TPSA) is 99.1 Å². The molecule has 7 nitrogen and oxygen atoms in total. The van der Waals surface area contributed by atoms with Crippen molar-refractivity contribution in [2.24, 2.45) is 0 Å². The molecular weight excluding hydrogens is 607 g/mol. The van der Waals surface area contributed by atoms with Gasteiger partial charge in [-0.15, -0.1) is 0 Å². The van der Waals surface area contributed by atoms with E-state index in [0.29, 0.717) is 24.3 Å². The van der Waals surface area contributed by atoms with Crippen LogP contribution < -0.4 is 10.1 Å². The summed E-state index contributed by atoms with van der Waals surface area (Å²) in [5.41, 5.74) is 2.52. The van der Waals surface area contributed by atoms with Gasteiger partial charge in [0.15, 0.2) is 0 Å². The molecule has 0 heterocycles. The maximum absolute atomic E-state index is 13.7. The van der Waals surface area contributed by atoms with Gasteiger partial charge in [-0.2, -0.15) is 0 Å². The van der Waals surface area contributed by atoms with Gasteiger partial charge in [0.05, 0.1) is 16.2 Å². The molecule has 3 rings (SSSR count). The summed E-state index contributed by atoms with van der Waals surface area (Å²) in [4.78, 5) is 28.4. The Balaban J connectivity index is 1.91. The van der Waals surface area contributed by atoms with Gasteiger partial charge in [-0.05, 0) is 59.7 Å². The fraction of sp³-hybridized carbons (Fsp3) is 0.484. The van der Waals surface area contributed by atoms with E-state index in [4.69, 9.17) is 4.74 Å². The molecule has 3 unspecified atom stereocenters. The number of aliphatic hydroxyl groups is 2. The lowest BCUT2D eigenvalue weighted by Gasteiger charge is -2.40. The van der Waals surface area contributed by atoms with Gasteiger partial charge in [-0.25, -0.2) is 0 Å². The highest BCUT2D eigenvalue weighted by atomic mass is 127. The molecule has 212 valence electrons. The number of amides is 2. The van der Waals surface area contributed by atoms with Gasteiger partial charge < -0.3 is 25.2 Å². The molecule has 39 heavy (non-hydrogen) atoms. The Morgan fingerprint density at radius 3 is 2.49 bits per heavy atom. The Labute approximate surface area is 245 Å². The number of carbonyl (C=O) groups excluding carboxylic acids is 2. The third kappa shape index (κ3) is 9.32.